The van der Waals surface area contributed by atoms with Crippen molar-refractivity contribution in [1.29, 1.82) is 0 Å². The molecular weight excluding hydrogens is 314 g/mol. The summed E-state index contributed by atoms with van der Waals surface area (Å²) in [6.45, 7) is 11.4. The van der Waals surface area contributed by atoms with Crippen molar-refractivity contribution in [3.8, 4) is 0 Å². The van der Waals surface area contributed by atoms with Crippen LogP contribution in [0.25, 0.3) is 11.0 Å². The quantitative estimate of drug-likeness (QED) is 0.838. The molecule has 0 spiro atoms. The molecule has 138 valence electrons. The Morgan fingerprint density at radius 2 is 1.92 bits per heavy atom. The maximum absolute atomic E-state index is 10.5. The Bertz CT molecular complexity index is 690. The van der Waals surface area contributed by atoms with Gasteiger partial charge in [0.1, 0.15) is 0 Å². The number of hydrogen-bond acceptors (Lipinski definition) is 4. The van der Waals surface area contributed by atoms with E-state index >= 15 is 0 Å². The number of aromatic nitrogens is 2. The number of nitrogens with zero attached hydrogens (tertiary/aromatic N) is 3. The van der Waals surface area contributed by atoms with E-state index in [1.54, 1.807) is 0 Å². The lowest BCUT2D eigenvalue weighted by Crippen LogP contribution is -2.40. The molecule has 0 bridgehead atoms. The van der Waals surface area contributed by atoms with Crippen LogP contribution in [0.3, 0.4) is 0 Å². The van der Waals surface area contributed by atoms with E-state index in [4.69, 9.17) is 4.74 Å². The Morgan fingerprint density at radius 1 is 1.20 bits per heavy atom. The van der Waals surface area contributed by atoms with Crippen molar-refractivity contribution >= 4 is 11.0 Å². The highest BCUT2D eigenvalue weighted by Gasteiger charge is 2.21. The van der Waals surface area contributed by atoms with Crippen molar-refractivity contribution in [1.82, 2.24) is 14.5 Å². The molecule has 5 heteroatoms. The van der Waals surface area contributed by atoms with Gasteiger partial charge in [-0.25, -0.2) is 4.98 Å². The Labute approximate surface area is 150 Å². The van der Waals surface area contributed by atoms with Crippen molar-refractivity contribution in [2.24, 2.45) is 5.92 Å². The van der Waals surface area contributed by atoms with Gasteiger partial charge in [0.05, 0.1) is 30.0 Å². The van der Waals surface area contributed by atoms with Crippen LogP contribution in [0.15, 0.2) is 18.5 Å². The van der Waals surface area contributed by atoms with Crippen LogP contribution >= 0.6 is 0 Å². The number of ether oxygens (including phenoxy) is 1. The molecule has 1 aromatic carbocycles. The second-order valence-corrected chi connectivity index (χ2v) is 7.38. The average Bonchev–Trinajstić information content (AvgIpc) is 2.96. The summed E-state index contributed by atoms with van der Waals surface area (Å²) in [5, 5.41) is 10.5. The number of aliphatic hydroxyl groups is 1. The largest absolute Gasteiger partial charge is 0.390 e. The van der Waals surface area contributed by atoms with E-state index in [0.29, 0.717) is 12.5 Å². The van der Waals surface area contributed by atoms with Gasteiger partial charge in [0.25, 0.3) is 0 Å². The first-order valence-electron chi connectivity index (χ1n) is 9.47. The molecule has 3 rings (SSSR count). The van der Waals surface area contributed by atoms with Gasteiger partial charge < -0.3 is 19.3 Å². The third-order valence-corrected chi connectivity index (χ3v) is 5.38. The van der Waals surface area contributed by atoms with Gasteiger partial charge in [-0.05, 0) is 75.9 Å². The van der Waals surface area contributed by atoms with Crippen LogP contribution in [0.5, 0.6) is 0 Å². The fourth-order valence-electron chi connectivity index (χ4n) is 3.66. The number of aliphatic hydroxyl groups excluding tert-OH is 1. The molecule has 0 aliphatic carbocycles. The average molecular weight is 345 g/mol. The zero-order valence-corrected chi connectivity index (χ0v) is 15.7. The minimum absolute atomic E-state index is 0.373. The number of piperidine rings is 1. The third-order valence-electron chi connectivity index (χ3n) is 5.38. The first-order chi connectivity index (χ1) is 12.1. The SMILES string of the molecule is CCOCC1CCN(CC(O)Cn2cnc3cc(C)c(C)cc32)CC1. The lowest BCUT2D eigenvalue weighted by Gasteiger charge is -2.33. The summed E-state index contributed by atoms with van der Waals surface area (Å²) in [4.78, 5) is 6.86. The van der Waals surface area contributed by atoms with Crippen LogP contribution in [0.4, 0.5) is 0 Å². The number of benzene rings is 1. The fourth-order valence-corrected chi connectivity index (χ4v) is 3.66. The second-order valence-electron chi connectivity index (χ2n) is 7.38. The maximum atomic E-state index is 10.5. The molecule has 2 heterocycles. The molecule has 0 amide bonds. The molecule has 5 nitrogen and oxygen atoms in total. The fraction of sp³-hybridized carbons (Fsp3) is 0.650. The number of aryl methyl sites for hydroxylation is 2. The minimum Gasteiger partial charge on any atom is -0.390 e. The van der Waals surface area contributed by atoms with Gasteiger partial charge in [-0.15, -0.1) is 0 Å². The lowest BCUT2D eigenvalue weighted by atomic mass is 9.97. The van der Waals surface area contributed by atoms with Gasteiger partial charge in [-0.1, -0.05) is 0 Å². The highest BCUT2D eigenvalue weighted by atomic mass is 16.5. The second kappa shape index (κ2) is 8.30. The van der Waals surface area contributed by atoms with Crippen molar-refractivity contribution in [3.63, 3.8) is 0 Å². The minimum atomic E-state index is -0.373. The monoisotopic (exact) mass is 345 g/mol. The molecule has 0 saturated carbocycles. The number of imidazole rings is 1. The first kappa shape index (κ1) is 18.4. The summed E-state index contributed by atoms with van der Waals surface area (Å²) in [7, 11) is 0. The van der Waals surface area contributed by atoms with Gasteiger partial charge in [0, 0.05) is 19.8 Å². The number of fused-ring (bicyclic) bond motifs is 1. The molecule has 1 aliphatic rings. The number of likely N-dealkylation sites (tertiary alicyclic amines) is 1. The summed E-state index contributed by atoms with van der Waals surface area (Å²) in [6.07, 6.45) is 3.81. The van der Waals surface area contributed by atoms with Gasteiger partial charge in [0.2, 0.25) is 0 Å². The standard InChI is InChI=1S/C20H31N3O2/c1-4-25-13-17-5-7-22(8-6-17)11-18(24)12-23-14-21-19-9-15(2)16(3)10-20(19)23/h9-10,14,17-18,24H,4-8,11-13H2,1-3H3. The smallest absolute Gasteiger partial charge is 0.0959 e. The Kier molecular flexibility index (Phi) is 6.10. The highest BCUT2D eigenvalue weighted by Crippen LogP contribution is 2.20. The van der Waals surface area contributed by atoms with E-state index in [1.807, 2.05) is 13.3 Å². The molecule has 1 N–H and O–H groups in total. The van der Waals surface area contributed by atoms with E-state index in [2.05, 4.69) is 40.4 Å². The molecule has 0 radical (unpaired) electrons. The van der Waals surface area contributed by atoms with Gasteiger partial charge >= 0.3 is 0 Å². The highest BCUT2D eigenvalue weighted by molar-refractivity contribution is 5.77. The Morgan fingerprint density at radius 3 is 2.64 bits per heavy atom. The predicted molar refractivity (Wildman–Crippen MR) is 101 cm³/mol. The maximum Gasteiger partial charge on any atom is 0.0959 e. The molecule has 1 aliphatic heterocycles. The van der Waals surface area contributed by atoms with Gasteiger partial charge in [-0.2, -0.15) is 0 Å². The molecular formula is C20H31N3O2. The van der Waals surface area contributed by atoms with E-state index in [1.165, 1.54) is 24.0 Å². The first-order valence-corrected chi connectivity index (χ1v) is 9.47. The summed E-state index contributed by atoms with van der Waals surface area (Å²) >= 11 is 0. The molecule has 1 aromatic heterocycles. The third kappa shape index (κ3) is 4.60. The van der Waals surface area contributed by atoms with Crippen LogP contribution in [-0.4, -0.2) is 58.5 Å². The van der Waals surface area contributed by atoms with E-state index in [-0.39, 0.29) is 6.10 Å². The molecule has 2 aromatic rings. The van der Waals surface area contributed by atoms with Crippen LogP contribution in [0, 0.1) is 19.8 Å². The van der Waals surface area contributed by atoms with Crippen LogP contribution in [0.2, 0.25) is 0 Å². The zero-order chi connectivity index (χ0) is 17.8. The van der Waals surface area contributed by atoms with Crippen molar-refractivity contribution in [2.45, 2.75) is 46.3 Å². The Balaban J connectivity index is 1.53. The van der Waals surface area contributed by atoms with Crippen LogP contribution < -0.4 is 0 Å². The summed E-state index contributed by atoms with van der Waals surface area (Å²) < 4.78 is 7.62. The molecule has 1 unspecified atom stereocenters. The van der Waals surface area contributed by atoms with Crippen LogP contribution in [-0.2, 0) is 11.3 Å². The topological polar surface area (TPSA) is 50.5 Å². The van der Waals surface area contributed by atoms with Gasteiger partial charge in [-0.3, -0.25) is 0 Å². The van der Waals surface area contributed by atoms with E-state index in [0.717, 1.165) is 43.9 Å². The lowest BCUT2D eigenvalue weighted by molar-refractivity contribution is 0.0496. The number of β-amino-alcohol motifs (C(OH)–C–C–N with tert-alkyl or cyclic N) is 1. The Hall–Kier alpha value is -1.43. The zero-order valence-electron chi connectivity index (χ0n) is 15.7. The normalized spacial score (nSPS) is 18.1. The van der Waals surface area contributed by atoms with Crippen molar-refractivity contribution in [2.75, 3.05) is 32.8 Å². The van der Waals surface area contributed by atoms with Crippen molar-refractivity contribution < 1.29 is 9.84 Å². The molecule has 1 atom stereocenters. The summed E-state index contributed by atoms with van der Waals surface area (Å²) in [5.74, 6) is 0.678. The molecule has 1 saturated heterocycles. The van der Waals surface area contributed by atoms with Gasteiger partial charge in [0.15, 0.2) is 0 Å². The molecule has 1 fully saturated rings. The van der Waals surface area contributed by atoms with E-state index in [9.17, 15) is 5.11 Å². The molecule has 25 heavy (non-hydrogen) atoms. The number of hydrogen-bond donors (Lipinski definition) is 1. The summed E-state index contributed by atoms with van der Waals surface area (Å²) in [6, 6.07) is 4.29. The van der Waals surface area contributed by atoms with Crippen LogP contribution in [0.1, 0.15) is 30.9 Å². The van der Waals surface area contributed by atoms with Crippen molar-refractivity contribution in [3.05, 3.63) is 29.6 Å². The number of rotatable bonds is 7. The predicted octanol–water partition coefficient (Wildman–Crippen LogP) is 2.76. The van der Waals surface area contributed by atoms with E-state index < -0.39 is 0 Å². The summed E-state index contributed by atoms with van der Waals surface area (Å²) in [5.41, 5.74) is 4.64.